The second kappa shape index (κ2) is 4.63. The van der Waals surface area contributed by atoms with Gasteiger partial charge in [-0.2, -0.15) is 0 Å². The van der Waals surface area contributed by atoms with Crippen LogP contribution in [0, 0.1) is 0 Å². The first kappa shape index (κ1) is 9.76. The summed E-state index contributed by atoms with van der Waals surface area (Å²) in [5.41, 5.74) is 4.77. The molecule has 0 saturated heterocycles. The topological polar surface area (TPSA) is 0 Å². The van der Waals surface area contributed by atoms with E-state index in [1.807, 2.05) is 0 Å². The minimum absolute atomic E-state index is 1.24. The van der Waals surface area contributed by atoms with Gasteiger partial charge in [-0.25, -0.2) is 0 Å². The van der Waals surface area contributed by atoms with E-state index in [0.29, 0.717) is 0 Å². The Hall–Kier alpha value is -0.780. The normalized spacial score (nSPS) is 21.6. The molecular formula is C14H20. The molecule has 0 aromatic heterocycles. The molecule has 1 saturated carbocycles. The van der Waals surface area contributed by atoms with Crippen molar-refractivity contribution in [1.29, 1.82) is 0 Å². The summed E-state index contributed by atoms with van der Waals surface area (Å²) in [4.78, 5) is 0. The van der Waals surface area contributed by atoms with Crippen molar-refractivity contribution in [3.05, 3.63) is 34.9 Å². The van der Waals surface area contributed by atoms with Crippen LogP contribution in [0.25, 0.3) is 0 Å². The second-order valence-electron chi connectivity index (χ2n) is 4.42. The third-order valence-electron chi connectivity index (χ3n) is 3.22. The van der Waals surface area contributed by atoms with Crippen molar-refractivity contribution in [2.75, 3.05) is 0 Å². The van der Waals surface area contributed by atoms with Crippen LogP contribution in [0.15, 0.2) is 34.9 Å². The maximum Gasteiger partial charge on any atom is -0.0262 e. The lowest BCUT2D eigenvalue weighted by molar-refractivity contribution is 0.596. The van der Waals surface area contributed by atoms with Crippen LogP contribution in [0.5, 0.6) is 0 Å². The molecule has 0 aromatic rings. The molecule has 0 N–H and O–H groups in total. The van der Waals surface area contributed by atoms with Crippen LogP contribution < -0.4 is 0 Å². The van der Waals surface area contributed by atoms with Crippen molar-refractivity contribution in [3.8, 4) is 0 Å². The Labute approximate surface area is 87.4 Å². The highest BCUT2D eigenvalue weighted by molar-refractivity contribution is 5.48. The van der Waals surface area contributed by atoms with Gasteiger partial charge in [-0.3, -0.25) is 0 Å². The Morgan fingerprint density at radius 1 is 1.07 bits per heavy atom. The summed E-state index contributed by atoms with van der Waals surface area (Å²) in [6.45, 7) is 2.25. The van der Waals surface area contributed by atoms with Gasteiger partial charge in [0.05, 0.1) is 0 Å². The largest absolute Gasteiger partial charge is 0.0651 e. The van der Waals surface area contributed by atoms with Crippen molar-refractivity contribution >= 4 is 0 Å². The summed E-state index contributed by atoms with van der Waals surface area (Å²) >= 11 is 0. The highest BCUT2D eigenvalue weighted by Crippen LogP contribution is 2.30. The minimum Gasteiger partial charge on any atom is -0.0651 e. The van der Waals surface area contributed by atoms with E-state index in [0.717, 1.165) is 0 Å². The zero-order valence-corrected chi connectivity index (χ0v) is 9.18. The molecule has 0 aromatic carbocycles. The van der Waals surface area contributed by atoms with Gasteiger partial charge in [0.15, 0.2) is 0 Å². The van der Waals surface area contributed by atoms with Crippen LogP contribution in [0.2, 0.25) is 0 Å². The molecule has 0 radical (unpaired) electrons. The first-order chi connectivity index (χ1) is 6.90. The Morgan fingerprint density at radius 2 is 1.86 bits per heavy atom. The molecule has 0 heterocycles. The van der Waals surface area contributed by atoms with Gasteiger partial charge < -0.3 is 0 Å². The van der Waals surface area contributed by atoms with Gasteiger partial charge in [0.1, 0.15) is 0 Å². The Morgan fingerprint density at radius 3 is 2.57 bits per heavy atom. The van der Waals surface area contributed by atoms with E-state index < -0.39 is 0 Å². The Balaban J connectivity index is 2.09. The third-order valence-corrected chi connectivity index (χ3v) is 3.22. The predicted octanol–water partition coefficient (Wildman–Crippen LogP) is 4.54. The molecule has 0 bridgehead atoms. The summed E-state index contributed by atoms with van der Waals surface area (Å²) in [6.07, 6.45) is 16.5. The molecule has 2 rings (SSSR count). The molecule has 2 aliphatic rings. The molecule has 14 heavy (non-hydrogen) atoms. The lowest BCUT2D eigenvalue weighted by Gasteiger charge is -2.15. The van der Waals surface area contributed by atoms with Gasteiger partial charge in [-0.1, -0.05) is 43.6 Å². The van der Waals surface area contributed by atoms with Gasteiger partial charge in [-0.15, -0.1) is 0 Å². The van der Waals surface area contributed by atoms with Crippen molar-refractivity contribution in [1.82, 2.24) is 0 Å². The van der Waals surface area contributed by atoms with Crippen LogP contribution in [0.1, 0.15) is 51.9 Å². The quantitative estimate of drug-likeness (QED) is 0.596. The summed E-state index contributed by atoms with van der Waals surface area (Å²) in [7, 11) is 0. The number of hydrogen-bond acceptors (Lipinski definition) is 0. The Bertz CT molecular complexity index is 281. The van der Waals surface area contributed by atoms with Crippen molar-refractivity contribution in [2.45, 2.75) is 51.9 Å². The van der Waals surface area contributed by atoms with Crippen molar-refractivity contribution in [3.63, 3.8) is 0 Å². The molecule has 0 atom stereocenters. The monoisotopic (exact) mass is 188 g/mol. The smallest absolute Gasteiger partial charge is 0.0262 e. The van der Waals surface area contributed by atoms with E-state index in [2.05, 4.69) is 25.2 Å². The van der Waals surface area contributed by atoms with Gasteiger partial charge in [0, 0.05) is 0 Å². The molecule has 1 fully saturated rings. The third kappa shape index (κ3) is 2.17. The average Bonchev–Trinajstić information content (AvgIpc) is 2.68. The van der Waals surface area contributed by atoms with Crippen LogP contribution in [-0.2, 0) is 0 Å². The maximum absolute atomic E-state index is 2.41. The van der Waals surface area contributed by atoms with Gasteiger partial charge in [0.25, 0.3) is 0 Å². The molecule has 0 nitrogen and oxygen atoms in total. The van der Waals surface area contributed by atoms with Crippen LogP contribution >= 0.6 is 0 Å². The van der Waals surface area contributed by atoms with Crippen molar-refractivity contribution in [2.24, 2.45) is 0 Å². The highest BCUT2D eigenvalue weighted by atomic mass is 14.2. The number of hydrogen-bond donors (Lipinski definition) is 0. The van der Waals surface area contributed by atoms with E-state index in [-0.39, 0.29) is 0 Å². The molecule has 0 spiro atoms. The SMILES string of the molecule is CCCC1=CC(=C2CCCCC2)C=C1. The molecule has 0 heteroatoms. The second-order valence-corrected chi connectivity index (χ2v) is 4.42. The standard InChI is InChI=1S/C14H20/c1-2-6-12-9-10-14(11-12)13-7-4-3-5-8-13/h9-11H,2-8H2,1H3. The van der Waals surface area contributed by atoms with Crippen LogP contribution in [0.4, 0.5) is 0 Å². The number of allylic oxidation sites excluding steroid dienone is 6. The first-order valence-corrected chi connectivity index (χ1v) is 6.01. The zero-order chi connectivity index (χ0) is 9.80. The number of rotatable bonds is 2. The molecule has 0 unspecified atom stereocenters. The first-order valence-electron chi connectivity index (χ1n) is 6.01. The fourth-order valence-corrected chi connectivity index (χ4v) is 2.42. The lowest BCUT2D eigenvalue weighted by atomic mass is 9.91. The zero-order valence-electron chi connectivity index (χ0n) is 9.18. The van der Waals surface area contributed by atoms with E-state index in [1.54, 1.807) is 5.57 Å². The van der Waals surface area contributed by atoms with E-state index >= 15 is 0 Å². The summed E-state index contributed by atoms with van der Waals surface area (Å²) in [5.74, 6) is 0. The van der Waals surface area contributed by atoms with Gasteiger partial charge in [-0.05, 0) is 43.3 Å². The molecular weight excluding hydrogens is 168 g/mol. The molecule has 76 valence electrons. The minimum atomic E-state index is 1.24. The molecule has 2 aliphatic carbocycles. The van der Waals surface area contributed by atoms with E-state index in [9.17, 15) is 0 Å². The average molecular weight is 188 g/mol. The van der Waals surface area contributed by atoms with E-state index in [1.165, 1.54) is 56.1 Å². The molecule has 0 amide bonds. The van der Waals surface area contributed by atoms with Gasteiger partial charge in [0.2, 0.25) is 0 Å². The summed E-state index contributed by atoms with van der Waals surface area (Å²) in [5, 5.41) is 0. The molecule has 0 aliphatic heterocycles. The van der Waals surface area contributed by atoms with Crippen molar-refractivity contribution < 1.29 is 0 Å². The predicted molar refractivity (Wildman–Crippen MR) is 62.2 cm³/mol. The highest BCUT2D eigenvalue weighted by Gasteiger charge is 2.11. The van der Waals surface area contributed by atoms with E-state index in [4.69, 9.17) is 0 Å². The van der Waals surface area contributed by atoms with Gasteiger partial charge >= 0.3 is 0 Å². The maximum atomic E-state index is 2.41. The fraction of sp³-hybridized carbons (Fsp3) is 0.571. The summed E-state index contributed by atoms with van der Waals surface area (Å²) in [6, 6.07) is 0. The van der Waals surface area contributed by atoms with Crippen LogP contribution in [-0.4, -0.2) is 0 Å². The Kier molecular flexibility index (Phi) is 3.23. The summed E-state index contributed by atoms with van der Waals surface area (Å²) < 4.78 is 0. The lowest BCUT2D eigenvalue weighted by Crippen LogP contribution is -1.95. The van der Waals surface area contributed by atoms with Crippen LogP contribution in [0.3, 0.4) is 0 Å². The fourth-order valence-electron chi connectivity index (χ4n) is 2.42.